The first-order valence-corrected chi connectivity index (χ1v) is 10.2. The second-order valence-electron chi connectivity index (χ2n) is 9.04. The highest BCUT2D eigenvalue weighted by molar-refractivity contribution is 5.70. The number of aromatic nitrogens is 2. The van der Waals surface area contributed by atoms with Gasteiger partial charge in [0, 0.05) is 5.56 Å². The van der Waals surface area contributed by atoms with Gasteiger partial charge in [-0.3, -0.25) is 4.79 Å². The number of carbonyl (C=O) groups is 1. The average Bonchev–Trinajstić information content (AvgIpc) is 3.11. The van der Waals surface area contributed by atoms with Crippen LogP contribution in [0.15, 0.2) is 34.7 Å². The highest BCUT2D eigenvalue weighted by Gasteiger charge is 2.51. The van der Waals surface area contributed by atoms with E-state index in [4.69, 9.17) is 9.15 Å². The van der Waals surface area contributed by atoms with Crippen molar-refractivity contribution >= 4 is 5.97 Å². The Kier molecular flexibility index (Phi) is 4.06. The quantitative estimate of drug-likeness (QED) is 0.701. The molecule has 1 aromatic heterocycles. The number of ether oxygens (including phenoxy) is 1. The fourth-order valence-electron chi connectivity index (χ4n) is 6.20. The lowest BCUT2D eigenvalue weighted by molar-refractivity contribution is -0.157. The van der Waals surface area contributed by atoms with Crippen molar-refractivity contribution in [3.8, 4) is 11.5 Å². The molecule has 4 aliphatic rings. The van der Waals surface area contributed by atoms with Crippen LogP contribution < -0.4 is 0 Å². The minimum atomic E-state index is -0.517. The Morgan fingerprint density at radius 1 is 1.11 bits per heavy atom. The van der Waals surface area contributed by atoms with Crippen LogP contribution in [0.4, 0.5) is 0 Å². The third-order valence-electron chi connectivity index (χ3n) is 6.80. The number of hydrogen-bond donors (Lipinski definition) is 0. The van der Waals surface area contributed by atoms with Crippen LogP contribution in [0.3, 0.4) is 0 Å². The summed E-state index contributed by atoms with van der Waals surface area (Å²) in [6.45, 7) is 1.81. The summed E-state index contributed by atoms with van der Waals surface area (Å²) >= 11 is 0. The van der Waals surface area contributed by atoms with E-state index >= 15 is 0 Å². The van der Waals surface area contributed by atoms with E-state index in [1.807, 2.05) is 30.3 Å². The van der Waals surface area contributed by atoms with Crippen LogP contribution in [0.1, 0.15) is 63.9 Å². The molecule has 0 N–H and O–H groups in total. The zero-order chi connectivity index (χ0) is 18.4. The highest BCUT2D eigenvalue weighted by atomic mass is 16.6. The smallest absolute Gasteiger partial charge is 0.307 e. The van der Waals surface area contributed by atoms with Crippen molar-refractivity contribution in [2.75, 3.05) is 0 Å². The zero-order valence-corrected chi connectivity index (χ0v) is 15.8. The molecule has 4 bridgehead atoms. The lowest BCUT2D eigenvalue weighted by atomic mass is 9.49. The molecule has 0 radical (unpaired) electrons. The van der Waals surface area contributed by atoms with E-state index in [1.165, 1.54) is 38.5 Å². The highest BCUT2D eigenvalue weighted by Crippen LogP contribution is 2.61. The van der Waals surface area contributed by atoms with Gasteiger partial charge >= 0.3 is 5.97 Å². The van der Waals surface area contributed by atoms with Crippen molar-refractivity contribution in [3.05, 3.63) is 36.2 Å². The monoisotopic (exact) mass is 366 g/mol. The molecular formula is C22H26N2O3. The Hall–Kier alpha value is -2.17. The fourth-order valence-corrected chi connectivity index (χ4v) is 6.20. The summed E-state index contributed by atoms with van der Waals surface area (Å²) in [5.41, 5.74) is 1.05. The van der Waals surface area contributed by atoms with Crippen molar-refractivity contribution in [3.63, 3.8) is 0 Å². The van der Waals surface area contributed by atoms with Gasteiger partial charge in [-0.2, -0.15) is 0 Å². The van der Waals surface area contributed by atoms with Crippen molar-refractivity contribution in [1.29, 1.82) is 0 Å². The SMILES string of the molecule is C[C@H](OC(=O)CC12CC3CC(CC(C3)C1)C2)c1nnc(-c2ccccc2)o1. The van der Waals surface area contributed by atoms with Gasteiger partial charge in [0.05, 0.1) is 6.42 Å². The first-order valence-electron chi connectivity index (χ1n) is 10.2. The van der Waals surface area contributed by atoms with Gasteiger partial charge in [0.25, 0.3) is 5.89 Å². The van der Waals surface area contributed by atoms with Crippen LogP contribution in [-0.2, 0) is 9.53 Å². The van der Waals surface area contributed by atoms with Gasteiger partial charge in [0.1, 0.15) is 0 Å². The van der Waals surface area contributed by atoms with Crippen molar-refractivity contribution in [2.24, 2.45) is 23.2 Å². The van der Waals surface area contributed by atoms with Gasteiger partial charge in [-0.25, -0.2) is 0 Å². The molecule has 4 saturated carbocycles. The normalized spacial score (nSPS) is 32.4. The van der Waals surface area contributed by atoms with E-state index in [1.54, 1.807) is 6.92 Å². The molecule has 6 rings (SSSR count). The molecule has 0 aliphatic heterocycles. The zero-order valence-electron chi connectivity index (χ0n) is 15.8. The molecule has 1 heterocycles. The Bertz CT molecular complexity index is 794. The minimum Gasteiger partial charge on any atom is -0.453 e. The Morgan fingerprint density at radius 3 is 2.37 bits per heavy atom. The summed E-state index contributed by atoms with van der Waals surface area (Å²) in [5, 5.41) is 8.17. The topological polar surface area (TPSA) is 65.2 Å². The third-order valence-corrected chi connectivity index (χ3v) is 6.80. The predicted octanol–water partition coefficient (Wildman–Crippen LogP) is 4.95. The molecule has 1 atom stereocenters. The van der Waals surface area contributed by atoms with E-state index in [2.05, 4.69) is 10.2 Å². The maximum atomic E-state index is 12.7. The van der Waals surface area contributed by atoms with Crippen LogP contribution in [0.5, 0.6) is 0 Å². The molecule has 0 spiro atoms. The van der Waals surface area contributed by atoms with Gasteiger partial charge in [0.2, 0.25) is 5.89 Å². The van der Waals surface area contributed by atoms with Crippen LogP contribution >= 0.6 is 0 Å². The minimum absolute atomic E-state index is 0.121. The number of rotatable bonds is 5. The van der Waals surface area contributed by atoms with Gasteiger partial charge in [-0.05, 0) is 80.8 Å². The molecule has 4 aliphatic carbocycles. The number of nitrogens with zero attached hydrogens (tertiary/aromatic N) is 2. The predicted molar refractivity (Wildman–Crippen MR) is 99.5 cm³/mol. The summed E-state index contributed by atoms with van der Waals surface area (Å²) in [7, 11) is 0. The molecule has 1 aromatic carbocycles. The van der Waals surface area contributed by atoms with Crippen LogP contribution in [-0.4, -0.2) is 16.2 Å². The number of benzene rings is 1. The van der Waals surface area contributed by atoms with E-state index in [-0.39, 0.29) is 11.4 Å². The molecule has 2 aromatic rings. The molecule has 0 amide bonds. The fraction of sp³-hybridized carbons (Fsp3) is 0.591. The van der Waals surface area contributed by atoms with Crippen molar-refractivity contribution in [1.82, 2.24) is 10.2 Å². The van der Waals surface area contributed by atoms with Crippen molar-refractivity contribution in [2.45, 2.75) is 58.0 Å². The molecule has 27 heavy (non-hydrogen) atoms. The Balaban J connectivity index is 1.23. The maximum Gasteiger partial charge on any atom is 0.307 e. The molecule has 142 valence electrons. The van der Waals surface area contributed by atoms with Crippen molar-refractivity contribution < 1.29 is 13.9 Å². The average molecular weight is 366 g/mol. The first-order chi connectivity index (χ1) is 13.1. The van der Waals surface area contributed by atoms with Gasteiger partial charge in [0.15, 0.2) is 6.10 Å². The van der Waals surface area contributed by atoms with Crippen LogP contribution in [0.2, 0.25) is 0 Å². The summed E-state index contributed by atoms with van der Waals surface area (Å²) < 4.78 is 11.4. The van der Waals surface area contributed by atoms with E-state index in [9.17, 15) is 4.79 Å². The summed E-state index contributed by atoms with van der Waals surface area (Å²) in [6, 6.07) is 9.62. The molecular weight excluding hydrogens is 340 g/mol. The summed E-state index contributed by atoms with van der Waals surface area (Å²) in [5.74, 6) is 3.20. The Labute approximate surface area is 159 Å². The van der Waals surface area contributed by atoms with Gasteiger partial charge in [-0.15, -0.1) is 10.2 Å². The molecule has 5 nitrogen and oxygen atoms in total. The second-order valence-corrected chi connectivity index (χ2v) is 9.04. The largest absolute Gasteiger partial charge is 0.453 e. The van der Waals surface area contributed by atoms with Crippen LogP contribution in [0.25, 0.3) is 11.5 Å². The molecule has 4 fully saturated rings. The van der Waals surface area contributed by atoms with E-state index in [0.29, 0.717) is 18.2 Å². The molecule has 5 heteroatoms. The molecule has 0 saturated heterocycles. The standard InChI is InChI=1S/C22H26N2O3/c1-14(20-23-24-21(27-20)18-5-3-2-4-6-18)26-19(25)13-22-10-15-7-16(11-22)9-17(8-15)12-22/h2-6,14-17H,7-13H2,1H3/t14-,15?,16?,17?,22?/m0/s1. The number of esters is 1. The Morgan fingerprint density at radius 2 is 1.74 bits per heavy atom. The van der Waals surface area contributed by atoms with Crippen LogP contribution in [0, 0.1) is 23.2 Å². The van der Waals surface area contributed by atoms with E-state index in [0.717, 1.165) is 23.3 Å². The van der Waals surface area contributed by atoms with E-state index < -0.39 is 6.10 Å². The summed E-state index contributed by atoms with van der Waals surface area (Å²) in [4.78, 5) is 12.7. The lowest BCUT2D eigenvalue weighted by Gasteiger charge is -2.56. The first kappa shape index (κ1) is 17.0. The second kappa shape index (κ2) is 6.47. The molecule has 0 unspecified atom stereocenters. The third kappa shape index (κ3) is 3.28. The summed E-state index contributed by atoms with van der Waals surface area (Å²) in [6.07, 6.45) is 7.81. The maximum absolute atomic E-state index is 12.7. The van der Waals surface area contributed by atoms with Gasteiger partial charge in [-0.1, -0.05) is 18.2 Å². The number of carbonyl (C=O) groups excluding carboxylic acids is 1. The van der Waals surface area contributed by atoms with Gasteiger partial charge < -0.3 is 9.15 Å². The number of hydrogen-bond acceptors (Lipinski definition) is 5. The lowest BCUT2D eigenvalue weighted by Crippen LogP contribution is -2.47.